The number of halogens is 2. The van der Waals surface area contributed by atoms with Crippen LogP contribution in [0.1, 0.15) is 30.1 Å². The van der Waals surface area contributed by atoms with Crippen LogP contribution in [0.4, 0.5) is 4.39 Å². The number of carbonyl (C=O) groups is 1. The van der Waals surface area contributed by atoms with Crippen molar-refractivity contribution in [3.05, 3.63) is 28.5 Å². The first-order chi connectivity index (χ1) is 9.21. The van der Waals surface area contributed by atoms with Gasteiger partial charge in [0.15, 0.2) is 0 Å². The maximum Gasteiger partial charge on any atom is 0.337 e. The number of aromatic carboxylic acids is 1. The Kier molecular flexibility index (Phi) is 5.50. The normalized spacial score (nSPS) is 11.8. The van der Waals surface area contributed by atoms with Gasteiger partial charge in [0.05, 0.1) is 15.5 Å². The third-order valence-corrected chi connectivity index (χ3v) is 4.99. The number of sulfonamides is 1. The highest BCUT2D eigenvalue weighted by atomic mass is 35.5. The fourth-order valence-electron chi connectivity index (χ4n) is 1.55. The smallest absolute Gasteiger partial charge is 0.337 e. The molecule has 0 saturated heterocycles. The van der Waals surface area contributed by atoms with E-state index in [-0.39, 0.29) is 6.54 Å². The average Bonchev–Trinajstić information content (AvgIpc) is 2.38. The lowest BCUT2D eigenvalue weighted by molar-refractivity contribution is 0.0696. The largest absolute Gasteiger partial charge is 0.478 e. The van der Waals surface area contributed by atoms with E-state index in [0.717, 1.165) is 22.9 Å². The third kappa shape index (κ3) is 3.47. The van der Waals surface area contributed by atoms with E-state index in [9.17, 15) is 17.6 Å². The zero-order chi connectivity index (χ0) is 15.5. The van der Waals surface area contributed by atoms with Gasteiger partial charge in [-0.25, -0.2) is 21.9 Å². The molecule has 0 heterocycles. The van der Waals surface area contributed by atoms with Crippen molar-refractivity contribution in [1.82, 2.24) is 4.31 Å². The maximum atomic E-state index is 13.6. The first kappa shape index (κ1) is 16.9. The first-order valence-electron chi connectivity index (χ1n) is 5.90. The van der Waals surface area contributed by atoms with E-state index in [2.05, 4.69) is 0 Å². The number of hydrogen-bond donors (Lipinski definition) is 1. The van der Waals surface area contributed by atoms with Crippen molar-refractivity contribution in [2.24, 2.45) is 0 Å². The summed E-state index contributed by atoms with van der Waals surface area (Å²) in [5, 5.41) is 8.30. The number of hydrogen-bond acceptors (Lipinski definition) is 3. The minimum atomic E-state index is -3.94. The molecular formula is C12H15ClFNO4S. The Hall–Kier alpha value is -1.18. The molecule has 0 saturated carbocycles. The molecule has 1 aromatic carbocycles. The molecule has 0 aromatic heterocycles. The summed E-state index contributed by atoms with van der Waals surface area (Å²) in [6.45, 7) is 2.18. The fourth-order valence-corrected chi connectivity index (χ4v) is 2.99. The van der Waals surface area contributed by atoms with Crippen molar-refractivity contribution in [2.75, 3.05) is 13.6 Å². The Balaban J connectivity index is 3.29. The lowest BCUT2D eigenvalue weighted by Gasteiger charge is -2.17. The van der Waals surface area contributed by atoms with Gasteiger partial charge in [0.25, 0.3) is 0 Å². The Bertz CT molecular complexity index is 618. The molecule has 8 heteroatoms. The van der Waals surface area contributed by atoms with Crippen LogP contribution in [-0.2, 0) is 10.0 Å². The van der Waals surface area contributed by atoms with Gasteiger partial charge in [-0.15, -0.1) is 0 Å². The molecule has 0 amide bonds. The molecule has 112 valence electrons. The standard InChI is InChI=1S/C12H15ClFNO4S/c1-3-4-5-15(2)20(18,19)8-6-9(12(16)17)11(13)10(14)7-8/h6-7H,3-5H2,1-2H3,(H,16,17). The Labute approximate surface area is 122 Å². The Morgan fingerprint density at radius 3 is 2.55 bits per heavy atom. The van der Waals surface area contributed by atoms with Gasteiger partial charge in [0, 0.05) is 13.6 Å². The van der Waals surface area contributed by atoms with Crippen LogP contribution in [0.25, 0.3) is 0 Å². The number of benzene rings is 1. The van der Waals surface area contributed by atoms with Crippen molar-refractivity contribution in [3.63, 3.8) is 0 Å². The molecule has 1 rings (SSSR count). The number of rotatable bonds is 6. The second-order valence-corrected chi connectivity index (χ2v) is 6.67. The molecule has 0 fully saturated rings. The van der Waals surface area contributed by atoms with Crippen molar-refractivity contribution < 1.29 is 22.7 Å². The van der Waals surface area contributed by atoms with Gasteiger partial charge in [-0.2, -0.15) is 0 Å². The second-order valence-electron chi connectivity index (χ2n) is 4.25. The summed E-state index contributed by atoms with van der Waals surface area (Å²) >= 11 is 5.51. The molecular weight excluding hydrogens is 309 g/mol. The van der Waals surface area contributed by atoms with Crippen molar-refractivity contribution >= 4 is 27.6 Å². The van der Waals surface area contributed by atoms with Crippen LogP contribution < -0.4 is 0 Å². The summed E-state index contributed by atoms with van der Waals surface area (Å²) in [7, 11) is -2.58. The van der Waals surface area contributed by atoms with Gasteiger partial charge in [-0.3, -0.25) is 0 Å². The molecule has 5 nitrogen and oxygen atoms in total. The summed E-state index contributed by atoms with van der Waals surface area (Å²) in [6.07, 6.45) is 1.45. The predicted molar refractivity (Wildman–Crippen MR) is 73.1 cm³/mol. The van der Waals surface area contributed by atoms with E-state index in [4.69, 9.17) is 16.7 Å². The molecule has 1 aromatic rings. The topological polar surface area (TPSA) is 74.7 Å². The number of unbranched alkanes of at least 4 members (excludes halogenated alkanes) is 1. The highest BCUT2D eigenvalue weighted by molar-refractivity contribution is 7.89. The predicted octanol–water partition coefficient (Wildman–Crippen LogP) is 2.60. The zero-order valence-electron chi connectivity index (χ0n) is 11.1. The first-order valence-corrected chi connectivity index (χ1v) is 7.72. The molecule has 20 heavy (non-hydrogen) atoms. The summed E-state index contributed by atoms with van der Waals surface area (Å²) in [5.74, 6) is -2.56. The lowest BCUT2D eigenvalue weighted by atomic mass is 10.2. The van der Waals surface area contributed by atoms with Crippen molar-refractivity contribution in [1.29, 1.82) is 0 Å². The van der Waals surface area contributed by atoms with Gasteiger partial charge in [-0.1, -0.05) is 24.9 Å². The second kappa shape index (κ2) is 6.51. The zero-order valence-corrected chi connectivity index (χ0v) is 12.6. The minimum absolute atomic E-state index is 0.269. The molecule has 0 aliphatic heterocycles. The molecule has 0 unspecified atom stereocenters. The fraction of sp³-hybridized carbons (Fsp3) is 0.417. The highest BCUT2D eigenvalue weighted by Gasteiger charge is 2.25. The molecule has 1 N–H and O–H groups in total. The molecule has 0 aliphatic rings. The molecule has 0 spiro atoms. The van der Waals surface area contributed by atoms with E-state index in [1.54, 1.807) is 0 Å². The number of carboxylic acid groups (broad SMARTS) is 1. The quantitative estimate of drug-likeness (QED) is 0.873. The van der Waals surface area contributed by atoms with Gasteiger partial charge < -0.3 is 5.11 Å². The van der Waals surface area contributed by atoms with Gasteiger partial charge in [-0.05, 0) is 18.6 Å². The summed E-state index contributed by atoms with van der Waals surface area (Å²) in [4.78, 5) is 10.5. The van der Waals surface area contributed by atoms with E-state index >= 15 is 0 Å². The molecule has 0 radical (unpaired) electrons. The van der Waals surface area contributed by atoms with Gasteiger partial charge >= 0.3 is 5.97 Å². The van der Waals surface area contributed by atoms with Gasteiger partial charge in [0.1, 0.15) is 5.82 Å². The monoisotopic (exact) mass is 323 g/mol. The van der Waals surface area contributed by atoms with Crippen LogP contribution in [0, 0.1) is 5.82 Å². The maximum absolute atomic E-state index is 13.6. The van der Waals surface area contributed by atoms with Crippen LogP contribution in [0.3, 0.4) is 0 Å². The van der Waals surface area contributed by atoms with E-state index in [0.29, 0.717) is 6.42 Å². The molecule has 0 atom stereocenters. The summed E-state index contributed by atoms with van der Waals surface area (Å²) in [5.41, 5.74) is -0.575. The lowest BCUT2D eigenvalue weighted by Crippen LogP contribution is -2.28. The van der Waals surface area contributed by atoms with E-state index in [1.807, 2.05) is 6.92 Å². The van der Waals surface area contributed by atoms with Crippen LogP contribution >= 0.6 is 11.6 Å². The van der Waals surface area contributed by atoms with Crippen molar-refractivity contribution in [3.8, 4) is 0 Å². The highest BCUT2D eigenvalue weighted by Crippen LogP contribution is 2.26. The van der Waals surface area contributed by atoms with Crippen LogP contribution in [0.15, 0.2) is 17.0 Å². The van der Waals surface area contributed by atoms with Crippen molar-refractivity contribution in [2.45, 2.75) is 24.7 Å². The van der Waals surface area contributed by atoms with E-state index in [1.165, 1.54) is 7.05 Å². The van der Waals surface area contributed by atoms with Gasteiger partial charge in [0.2, 0.25) is 10.0 Å². The Morgan fingerprint density at radius 1 is 1.45 bits per heavy atom. The van der Waals surface area contributed by atoms with E-state index < -0.39 is 37.3 Å². The molecule has 0 aliphatic carbocycles. The Morgan fingerprint density at radius 2 is 2.05 bits per heavy atom. The average molecular weight is 324 g/mol. The summed E-state index contributed by atoms with van der Waals surface area (Å²) in [6, 6.07) is 1.60. The van der Waals surface area contributed by atoms with Crippen LogP contribution in [0.5, 0.6) is 0 Å². The van der Waals surface area contributed by atoms with Crippen LogP contribution in [0.2, 0.25) is 5.02 Å². The van der Waals surface area contributed by atoms with Crippen LogP contribution in [-0.4, -0.2) is 37.4 Å². The minimum Gasteiger partial charge on any atom is -0.478 e. The number of carboxylic acids is 1. The number of nitrogens with zero attached hydrogens (tertiary/aromatic N) is 1. The molecule has 0 bridgehead atoms. The summed E-state index contributed by atoms with van der Waals surface area (Å²) < 4.78 is 39.0. The third-order valence-electron chi connectivity index (χ3n) is 2.77. The SMILES string of the molecule is CCCCN(C)S(=O)(=O)c1cc(F)c(Cl)c(C(=O)O)c1.